The van der Waals surface area contributed by atoms with Crippen molar-refractivity contribution in [3.63, 3.8) is 0 Å². The Labute approximate surface area is 142 Å². The summed E-state index contributed by atoms with van der Waals surface area (Å²) in [6, 6.07) is 7.76. The zero-order valence-electron chi connectivity index (χ0n) is 13.0. The third-order valence-corrected chi connectivity index (χ3v) is 4.34. The maximum atomic E-state index is 5.63. The smallest absolute Gasteiger partial charge is 0.173 e. The van der Waals surface area contributed by atoms with Crippen LogP contribution < -0.4 is 5.32 Å². The van der Waals surface area contributed by atoms with Gasteiger partial charge in [0.1, 0.15) is 5.76 Å². The highest BCUT2D eigenvalue weighted by Crippen LogP contribution is 2.21. The van der Waals surface area contributed by atoms with Crippen molar-refractivity contribution in [2.75, 3.05) is 11.9 Å². The molecule has 4 nitrogen and oxygen atoms in total. The third-order valence-electron chi connectivity index (χ3n) is 3.98. The van der Waals surface area contributed by atoms with Gasteiger partial charge in [-0.2, -0.15) is 0 Å². The summed E-state index contributed by atoms with van der Waals surface area (Å²) in [6.07, 6.45) is 13.3. The van der Waals surface area contributed by atoms with Gasteiger partial charge in [-0.15, -0.1) is 0 Å². The van der Waals surface area contributed by atoms with Gasteiger partial charge in [-0.05, 0) is 61.7 Å². The summed E-state index contributed by atoms with van der Waals surface area (Å²) in [7, 11) is 0. The molecule has 1 aliphatic rings. The van der Waals surface area contributed by atoms with E-state index >= 15 is 0 Å². The van der Waals surface area contributed by atoms with Gasteiger partial charge in [0, 0.05) is 12.7 Å². The first-order valence-corrected chi connectivity index (χ1v) is 8.35. The number of nitrogens with zero attached hydrogens (tertiary/aromatic N) is 2. The number of aromatic nitrogens is 1. The lowest BCUT2D eigenvalue weighted by molar-refractivity contribution is 0.298. The van der Waals surface area contributed by atoms with Gasteiger partial charge in [0.2, 0.25) is 0 Å². The molecule has 0 saturated carbocycles. The maximum Gasteiger partial charge on any atom is 0.173 e. The van der Waals surface area contributed by atoms with Gasteiger partial charge in [0.15, 0.2) is 5.11 Å². The van der Waals surface area contributed by atoms with Crippen LogP contribution >= 0.6 is 12.2 Å². The van der Waals surface area contributed by atoms with E-state index in [1.807, 2.05) is 24.3 Å². The first kappa shape index (κ1) is 15.7. The Morgan fingerprint density at radius 3 is 3.00 bits per heavy atom. The predicted octanol–water partition coefficient (Wildman–Crippen LogP) is 4.23. The minimum atomic E-state index is 0.628. The van der Waals surface area contributed by atoms with E-state index < -0.39 is 0 Å². The van der Waals surface area contributed by atoms with E-state index in [-0.39, 0.29) is 0 Å². The van der Waals surface area contributed by atoms with E-state index in [2.05, 4.69) is 27.4 Å². The summed E-state index contributed by atoms with van der Waals surface area (Å²) < 4.78 is 5.50. The number of pyridine rings is 1. The zero-order valence-corrected chi connectivity index (χ0v) is 13.8. The van der Waals surface area contributed by atoms with E-state index in [9.17, 15) is 0 Å². The highest BCUT2D eigenvalue weighted by molar-refractivity contribution is 7.80. The third kappa shape index (κ3) is 4.66. The monoisotopic (exact) mass is 327 g/mol. The molecule has 0 aromatic carbocycles. The lowest BCUT2D eigenvalue weighted by atomic mass is 9.94. The van der Waals surface area contributed by atoms with Crippen LogP contribution in [0.15, 0.2) is 59.5 Å². The van der Waals surface area contributed by atoms with Gasteiger partial charge >= 0.3 is 0 Å². The zero-order chi connectivity index (χ0) is 15.9. The van der Waals surface area contributed by atoms with Crippen molar-refractivity contribution in [1.29, 1.82) is 0 Å². The fraction of sp³-hybridized carbons (Fsp3) is 0.333. The number of furan rings is 1. The van der Waals surface area contributed by atoms with E-state index in [1.165, 1.54) is 6.42 Å². The first-order chi connectivity index (χ1) is 11.3. The minimum Gasteiger partial charge on any atom is -0.467 e. The molecular weight excluding hydrogens is 306 g/mol. The van der Waals surface area contributed by atoms with Crippen LogP contribution in [0.5, 0.6) is 0 Å². The van der Waals surface area contributed by atoms with Crippen LogP contribution in [0, 0.1) is 5.92 Å². The van der Waals surface area contributed by atoms with Crippen molar-refractivity contribution in [2.24, 2.45) is 5.92 Å². The summed E-state index contributed by atoms with van der Waals surface area (Å²) >= 11 is 5.63. The second-order valence-electron chi connectivity index (χ2n) is 5.78. The Kier molecular flexibility index (Phi) is 5.42. The number of hydrogen-bond acceptors (Lipinski definition) is 3. The molecular formula is C18H21N3OS. The molecule has 23 heavy (non-hydrogen) atoms. The molecule has 1 N–H and O–H groups in total. The highest BCUT2D eigenvalue weighted by Gasteiger charge is 2.18. The first-order valence-electron chi connectivity index (χ1n) is 7.94. The fourth-order valence-electron chi connectivity index (χ4n) is 2.78. The minimum absolute atomic E-state index is 0.628. The molecule has 0 fully saturated rings. The Morgan fingerprint density at radius 2 is 2.30 bits per heavy atom. The lowest BCUT2D eigenvalue weighted by Gasteiger charge is -2.30. The molecule has 2 aromatic rings. The van der Waals surface area contributed by atoms with Crippen LogP contribution in [-0.2, 0) is 6.54 Å². The average molecular weight is 327 g/mol. The Balaban J connectivity index is 1.68. The largest absolute Gasteiger partial charge is 0.467 e. The number of nitrogens with one attached hydrogen (secondary N) is 1. The quantitative estimate of drug-likeness (QED) is 0.657. The lowest BCUT2D eigenvalue weighted by Crippen LogP contribution is -2.38. The summed E-state index contributed by atoms with van der Waals surface area (Å²) in [5, 5.41) is 3.99. The van der Waals surface area contributed by atoms with Gasteiger partial charge in [-0.3, -0.25) is 4.98 Å². The summed E-state index contributed by atoms with van der Waals surface area (Å²) in [6.45, 7) is 1.61. The Bertz CT molecular complexity index is 640. The van der Waals surface area contributed by atoms with E-state index in [1.54, 1.807) is 18.7 Å². The number of hydrogen-bond donors (Lipinski definition) is 1. The second kappa shape index (κ2) is 7.92. The van der Waals surface area contributed by atoms with Crippen LogP contribution in [-0.4, -0.2) is 21.5 Å². The van der Waals surface area contributed by atoms with Crippen molar-refractivity contribution in [3.05, 3.63) is 60.8 Å². The molecule has 1 aliphatic carbocycles. The Hall–Kier alpha value is -2.14. The van der Waals surface area contributed by atoms with Crippen LogP contribution in [0.25, 0.3) is 0 Å². The number of rotatable bonds is 5. The number of anilines is 1. The topological polar surface area (TPSA) is 41.3 Å². The van der Waals surface area contributed by atoms with Gasteiger partial charge in [0.25, 0.3) is 0 Å². The molecule has 0 spiro atoms. The van der Waals surface area contributed by atoms with Crippen molar-refractivity contribution in [1.82, 2.24) is 9.88 Å². The normalized spacial score (nSPS) is 17.0. The van der Waals surface area contributed by atoms with Crippen LogP contribution in [0.1, 0.15) is 25.0 Å². The predicted molar refractivity (Wildman–Crippen MR) is 96.1 cm³/mol. The molecule has 0 amide bonds. The molecule has 0 saturated heterocycles. The van der Waals surface area contributed by atoms with E-state index in [0.29, 0.717) is 17.6 Å². The van der Waals surface area contributed by atoms with Crippen LogP contribution in [0.3, 0.4) is 0 Å². The highest BCUT2D eigenvalue weighted by atomic mass is 32.1. The number of allylic oxidation sites excluding steroid dienone is 2. The van der Waals surface area contributed by atoms with E-state index in [4.69, 9.17) is 16.6 Å². The summed E-state index contributed by atoms with van der Waals surface area (Å²) in [5.41, 5.74) is 0.908. The van der Waals surface area contributed by atoms with Crippen molar-refractivity contribution < 1.29 is 4.42 Å². The Morgan fingerprint density at radius 1 is 1.35 bits per heavy atom. The molecule has 0 radical (unpaired) electrons. The summed E-state index contributed by atoms with van der Waals surface area (Å²) in [4.78, 5) is 6.31. The van der Waals surface area contributed by atoms with Gasteiger partial charge in [-0.25, -0.2) is 0 Å². The van der Waals surface area contributed by atoms with Gasteiger partial charge in [0.05, 0.1) is 24.7 Å². The maximum absolute atomic E-state index is 5.63. The molecule has 2 heterocycles. The number of thiocarbonyl (C=S) groups is 1. The van der Waals surface area contributed by atoms with Crippen molar-refractivity contribution in [3.8, 4) is 0 Å². The van der Waals surface area contributed by atoms with Crippen molar-refractivity contribution >= 4 is 23.0 Å². The molecule has 1 atom stereocenters. The second-order valence-corrected chi connectivity index (χ2v) is 6.17. The van der Waals surface area contributed by atoms with Crippen LogP contribution in [0.4, 0.5) is 5.69 Å². The summed E-state index contributed by atoms with van der Waals surface area (Å²) in [5.74, 6) is 1.55. The molecule has 3 rings (SSSR count). The van der Waals surface area contributed by atoms with Gasteiger partial charge < -0.3 is 14.6 Å². The molecule has 1 unspecified atom stereocenters. The van der Waals surface area contributed by atoms with Gasteiger partial charge in [-0.1, -0.05) is 12.2 Å². The SMILES string of the molecule is S=C(Nc1cccnc1)N(Cc1ccco1)CC1CC=CCC1. The molecule has 0 aliphatic heterocycles. The molecule has 2 aromatic heterocycles. The fourth-order valence-corrected chi connectivity index (χ4v) is 3.04. The standard InChI is InChI=1S/C18H21N3OS/c23-18(20-16-8-4-10-19-12-16)21(14-17-9-5-11-22-17)13-15-6-2-1-3-7-15/h1-2,4-5,8-12,15H,3,6-7,13-14H2,(H,20,23). The molecule has 0 bridgehead atoms. The average Bonchev–Trinajstić information content (AvgIpc) is 3.09. The van der Waals surface area contributed by atoms with Crippen LogP contribution in [0.2, 0.25) is 0 Å². The molecule has 120 valence electrons. The van der Waals surface area contributed by atoms with Crippen molar-refractivity contribution in [2.45, 2.75) is 25.8 Å². The molecule has 5 heteroatoms. The van der Waals surface area contributed by atoms with E-state index in [0.717, 1.165) is 30.8 Å².